The zero-order chi connectivity index (χ0) is 18.9. The Morgan fingerprint density at radius 2 is 1.48 bits per heavy atom. The summed E-state index contributed by atoms with van der Waals surface area (Å²) in [6.07, 6.45) is 9.63. The van der Waals surface area contributed by atoms with Crippen LogP contribution in [-0.2, 0) is 4.79 Å². The number of hydrogen-bond donors (Lipinski definition) is 1. The minimum Gasteiger partial charge on any atom is -0.323 e. The van der Waals surface area contributed by atoms with Crippen molar-refractivity contribution in [1.82, 2.24) is 15.1 Å². The number of nitrogens with zero attached hydrogens (tertiary/aromatic N) is 2. The Morgan fingerprint density at radius 3 is 1.88 bits per heavy atom. The Hall–Kier alpha value is -1.10. The second-order valence-electron chi connectivity index (χ2n) is 7.90. The van der Waals surface area contributed by atoms with Crippen LogP contribution in [0, 0.1) is 5.92 Å². The highest BCUT2D eigenvalue weighted by Gasteiger charge is 2.49. The molecule has 0 spiro atoms. The molecular formula is C20H39N3O2. The van der Waals surface area contributed by atoms with E-state index in [2.05, 4.69) is 24.1 Å². The lowest BCUT2D eigenvalue weighted by Crippen LogP contribution is -2.49. The molecule has 1 aliphatic rings. The van der Waals surface area contributed by atoms with Gasteiger partial charge < -0.3 is 5.32 Å². The molecule has 0 aromatic carbocycles. The molecule has 1 aliphatic heterocycles. The van der Waals surface area contributed by atoms with Gasteiger partial charge in [0.15, 0.2) is 0 Å². The first-order valence-corrected chi connectivity index (χ1v) is 10.2. The van der Waals surface area contributed by atoms with Gasteiger partial charge in [0.05, 0.1) is 6.67 Å². The Bertz CT molecular complexity index is 413. The van der Waals surface area contributed by atoms with Gasteiger partial charge in [-0.15, -0.1) is 0 Å². The van der Waals surface area contributed by atoms with Gasteiger partial charge in [0.1, 0.15) is 5.54 Å². The highest BCUT2D eigenvalue weighted by atomic mass is 16.2. The van der Waals surface area contributed by atoms with Crippen molar-refractivity contribution >= 4 is 11.9 Å². The molecule has 5 nitrogen and oxygen atoms in total. The number of carbonyl (C=O) groups excluding carboxylic acids is 2. The fourth-order valence-corrected chi connectivity index (χ4v) is 3.21. The van der Waals surface area contributed by atoms with Gasteiger partial charge in [-0.1, -0.05) is 66.2 Å². The Kier molecular flexibility index (Phi) is 9.47. The molecule has 146 valence electrons. The molecule has 1 N–H and O–H groups in total. The Balaban J connectivity index is 2.64. The number of nitrogens with one attached hydrogen (secondary N) is 1. The lowest BCUT2D eigenvalue weighted by molar-refractivity contribution is -0.133. The van der Waals surface area contributed by atoms with Crippen molar-refractivity contribution in [2.24, 2.45) is 5.92 Å². The molecule has 1 unspecified atom stereocenters. The van der Waals surface area contributed by atoms with Crippen LogP contribution in [0.2, 0.25) is 0 Å². The van der Waals surface area contributed by atoms with Crippen LogP contribution in [0.5, 0.6) is 0 Å². The SMILES string of the molecule is CCCCCCN(CCCCCC)CN1C(=O)NC(C)(C(C)C)C1=O. The number of hydrogen-bond acceptors (Lipinski definition) is 3. The molecule has 1 saturated heterocycles. The summed E-state index contributed by atoms with van der Waals surface area (Å²) < 4.78 is 0. The van der Waals surface area contributed by atoms with Crippen molar-refractivity contribution in [3.8, 4) is 0 Å². The minimum absolute atomic E-state index is 0.0801. The molecule has 1 atom stereocenters. The lowest BCUT2D eigenvalue weighted by Gasteiger charge is -2.28. The lowest BCUT2D eigenvalue weighted by atomic mass is 9.89. The Morgan fingerprint density at radius 1 is 0.960 bits per heavy atom. The van der Waals surface area contributed by atoms with Crippen molar-refractivity contribution in [1.29, 1.82) is 0 Å². The summed E-state index contributed by atoms with van der Waals surface area (Å²) in [6, 6.07) is -0.242. The average Bonchev–Trinajstić information content (AvgIpc) is 2.79. The normalized spacial score (nSPS) is 20.8. The van der Waals surface area contributed by atoms with Gasteiger partial charge >= 0.3 is 6.03 Å². The van der Waals surface area contributed by atoms with Crippen LogP contribution in [0.25, 0.3) is 0 Å². The van der Waals surface area contributed by atoms with Crippen molar-refractivity contribution < 1.29 is 9.59 Å². The molecule has 5 heteroatoms. The molecule has 0 bridgehead atoms. The molecule has 0 aromatic rings. The fraction of sp³-hybridized carbons (Fsp3) is 0.900. The zero-order valence-electron chi connectivity index (χ0n) is 17.1. The molecule has 0 aliphatic carbocycles. The number of urea groups is 1. The first kappa shape index (κ1) is 21.9. The number of amides is 3. The largest absolute Gasteiger partial charge is 0.326 e. The van der Waals surface area contributed by atoms with Gasteiger partial charge in [-0.05, 0) is 38.8 Å². The van der Waals surface area contributed by atoms with E-state index in [4.69, 9.17) is 0 Å². The van der Waals surface area contributed by atoms with Crippen molar-refractivity contribution in [3.63, 3.8) is 0 Å². The summed E-state index contributed by atoms with van der Waals surface area (Å²) >= 11 is 0. The number of rotatable bonds is 13. The quantitative estimate of drug-likeness (QED) is 0.395. The molecule has 1 fully saturated rings. The van der Waals surface area contributed by atoms with E-state index >= 15 is 0 Å². The molecule has 1 heterocycles. The van der Waals surface area contributed by atoms with E-state index in [-0.39, 0.29) is 17.9 Å². The van der Waals surface area contributed by atoms with Crippen LogP contribution in [0.1, 0.15) is 86.0 Å². The van der Waals surface area contributed by atoms with Crippen LogP contribution in [0.15, 0.2) is 0 Å². The van der Waals surface area contributed by atoms with E-state index in [1.165, 1.54) is 43.4 Å². The van der Waals surface area contributed by atoms with Gasteiger partial charge in [-0.25, -0.2) is 9.69 Å². The maximum Gasteiger partial charge on any atom is 0.326 e. The molecule has 0 saturated carbocycles. The van der Waals surface area contributed by atoms with E-state index in [0.717, 1.165) is 25.9 Å². The summed E-state index contributed by atoms with van der Waals surface area (Å²) in [5, 5.41) is 2.90. The van der Waals surface area contributed by atoms with E-state index in [0.29, 0.717) is 6.67 Å². The third-order valence-electron chi connectivity index (χ3n) is 5.45. The van der Waals surface area contributed by atoms with Crippen LogP contribution < -0.4 is 5.32 Å². The van der Waals surface area contributed by atoms with Crippen LogP contribution in [-0.4, -0.2) is 47.0 Å². The number of imide groups is 1. The van der Waals surface area contributed by atoms with E-state index in [9.17, 15) is 9.59 Å². The fourth-order valence-electron chi connectivity index (χ4n) is 3.21. The molecule has 0 radical (unpaired) electrons. The highest BCUT2D eigenvalue weighted by Crippen LogP contribution is 2.25. The predicted molar refractivity (Wildman–Crippen MR) is 103 cm³/mol. The van der Waals surface area contributed by atoms with Gasteiger partial charge in [-0.2, -0.15) is 0 Å². The standard InChI is InChI=1S/C20H39N3O2/c1-6-8-10-12-14-22(15-13-11-9-7-2)16-23-18(24)20(5,17(3)4)21-19(23)25/h17H,6-16H2,1-5H3,(H,21,25). The van der Waals surface area contributed by atoms with Crippen molar-refractivity contribution in [2.75, 3.05) is 19.8 Å². The van der Waals surface area contributed by atoms with E-state index < -0.39 is 5.54 Å². The topological polar surface area (TPSA) is 52.6 Å². The number of carbonyl (C=O) groups is 2. The maximum atomic E-state index is 12.8. The molecule has 1 rings (SSSR count). The van der Waals surface area contributed by atoms with Crippen LogP contribution in [0.3, 0.4) is 0 Å². The minimum atomic E-state index is -0.771. The predicted octanol–water partition coefficient (Wildman–Crippen LogP) is 4.37. The molecular weight excluding hydrogens is 314 g/mol. The first-order valence-electron chi connectivity index (χ1n) is 10.2. The van der Waals surface area contributed by atoms with Crippen molar-refractivity contribution in [3.05, 3.63) is 0 Å². The third kappa shape index (κ3) is 6.28. The van der Waals surface area contributed by atoms with Gasteiger partial charge in [0.2, 0.25) is 0 Å². The summed E-state index contributed by atoms with van der Waals surface area (Å²) in [5.74, 6) is -0.00359. The maximum absolute atomic E-state index is 12.8. The smallest absolute Gasteiger partial charge is 0.323 e. The summed E-state index contributed by atoms with van der Waals surface area (Å²) in [5.41, 5.74) is -0.771. The van der Waals surface area contributed by atoms with Crippen LogP contribution in [0.4, 0.5) is 4.79 Å². The highest BCUT2D eigenvalue weighted by molar-refractivity contribution is 6.06. The van der Waals surface area contributed by atoms with Crippen LogP contribution >= 0.6 is 0 Å². The second-order valence-corrected chi connectivity index (χ2v) is 7.90. The molecule has 0 aromatic heterocycles. The third-order valence-corrected chi connectivity index (χ3v) is 5.45. The van der Waals surface area contributed by atoms with Gasteiger partial charge in [0.25, 0.3) is 5.91 Å². The molecule has 25 heavy (non-hydrogen) atoms. The summed E-state index contributed by atoms with van der Waals surface area (Å²) in [4.78, 5) is 28.8. The molecule has 3 amide bonds. The monoisotopic (exact) mass is 353 g/mol. The van der Waals surface area contributed by atoms with Crippen molar-refractivity contribution in [2.45, 2.75) is 91.5 Å². The zero-order valence-corrected chi connectivity index (χ0v) is 17.1. The summed E-state index contributed by atoms with van der Waals surface area (Å²) in [6.45, 7) is 12.6. The van der Waals surface area contributed by atoms with E-state index in [1.54, 1.807) is 0 Å². The number of unbranched alkanes of at least 4 members (excludes halogenated alkanes) is 6. The summed E-state index contributed by atoms with van der Waals surface area (Å²) in [7, 11) is 0. The van der Waals surface area contributed by atoms with Gasteiger partial charge in [-0.3, -0.25) is 9.69 Å². The Labute approximate surface area is 154 Å². The average molecular weight is 354 g/mol. The van der Waals surface area contributed by atoms with Gasteiger partial charge in [0, 0.05) is 0 Å². The first-order chi connectivity index (χ1) is 11.9. The second kappa shape index (κ2) is 10.8. The van der Waals surface area contributed by atoms with E-state index in [1.807, 2.05) is 20.8 Å².